The number of anilines is 2. The lowest BCUT2D eigenvalue weighted by molar-refractivity contribution is 0.721. The quantitative estimate of drug-likeness (QED) is 0.738. The number of rotatable bonds is 9. The molecule has 0 unspecified atom stereocenters. The van der Waals surface area contributed by atoms with Crippen LogP contribution in [0.25, 0.3) is 0 Å². The van der Waals surface area contributed by atoms with Gasteiger partial charge >= 0.3 is 0 Å². The van der Waals surface area contributed by atoms with Crippen molar-refractivity contribution in [3.8, 4) is 0 Å². The topological polar surface area (TPSA) is 41.1 Å². The van der Waals surface area contributed by atoms with Gasteiger partial charge in [-0.25, -0.2) is 4.98 Å². The second kappa shape index (κ2) is 9.36. The van der Waals surface area contributed by atoms with Gasteiger partial charge in [-0.1, -0.05) is 37.6 Å². The minimum Gasteiger partial charge on any atom is -0.370 e. The Labute approximate surface area is 143 Å². The number of hydrogen-bond donors (Lipinski definition) is 1. The van der Waals surface area contributed by atoms with Gasteiger partial charge in [0.2, 0.25) is 5.95 Å². The molecule has 0 aliphatic carbocycles. The molecule has 4 nitrogen and oxygen atoms in total. The van der Waals surface area contributed by atoms with E-state index in [1.165, 1.54) is 5.56 Å². The highest BCUT2D eigenvalue weighted by atomic mass is 35.5. The van der Waals surface area contributed by atoms with E-state index in [1.807, 2.05) is 24.4 Å². The van der Waals surface area contributed by atoms with E-state index in [-0.39, 0.29) is 0 Å². The summed E-state index contributed by atoms with van der Waals surface area (Å²) in [6, 6.07) is 9.88. The van der Waals surface area contributed by atoms with Crippen molar-refractivity contribution in [1.29, 1.82) is 0 Å². The molecule has 0 radical (unpaired) electrons. The van der Waals surface area contributed by atoms with Crippen LogP contribution in [0.15, 0.2) is 36.5 Å². The molecule has 5 heteroatoms. The molecule has 1 aromatic carbocycles. The highest BCUT2D eigenvalue weighted by Crippen LogP contribution is 2.13. The maximum Gasteiger partial charge on any atom is 0.227 e. The third-order valence-corrected chi connectivity index (χ3v) is 3.80. The number of halogens is 1. The standard InChI is InChI=1S/C18H25ClN4/c1-3-13-23(14-4-2)18-21-12-10-17(22-18)20-11-9-15-5-7-16(19)8-6-15/h5-8,10,12H,3-4,9,11,13-14H2,1-2H3,(H,20,21,22). The number of benzene rings is 1. The molecule has 1 heterocycles. The van der Waals surface area contributed by atoms with Crippen LogP contribution in [0.1, 0.15) is 32.3 Å². The van der Waals surface area contributed by atoms with Crippen LogP contribution < -0.4 is 10.2 Å². The summed E-state index contributed by atoms with van der Waals surface area (Å²) in [6.45, 7) is 7.16. The Kier molecular flexibility index (Phi) is 7.14. The van der Waals surface area contributed by atoms with Crippen LogP contribution >= 0.6 is 11.6 Å². The summed E-state index contributed by atoms with van der Waals surface area (Å²) in [6.07, 6.45) is 4.95. The summed E-state index contributed by atoms with van der Waals surface area (Å²) in [5.74, 6) is 1.69. The highest BCUT2D eigenvalue weighted by molar-refractivity contribution is 6.30. The van der Waals surface area contributed by atoms with Crippen molar-refractivity contribution in [2.24, 2.45) is 0 Å². The molecule has 0 saturated carbocycles. The van der Waals surface area contributed by atoms with Crippen molar-refractivity contribution in [3.05, 3.63) is 47.1 Å². The van der Waals surface area contributed by atoms with Gasteiger partial charge < -0.3 is 10.2 Å². The number of aromatic nitrogens is 2. The Balaban J connectivity index is 1.92. The van der Waals surface area contributed by atoms with Gasteiger partial charge in [0.15, 0.2) is 0 Å². The van der Waals surface area contributed by atoms with Gasteiger partial charge in [-0.2, -0.15) is 4.98 Å². The van der Waals surface area contributed by atoms with Crippen molar-refractivity contribution >= 4 is 23.4 Å². The van der Waals surface area contributed by atoms with E-state index in [0.717, 1.165) is 55.7 Å². The first-order valence-electron chi connectivity index (χ1n) is 8.29. The molecule has 1 aromatic heterocycles. The monoisotopic (exact) mass is 332 g/mol. The second-order valence-electron chi connectivity index (χ2n) is 5.53. The van der Waals surface area contributed by atoms with Crippen molar-refractivity contribution in [1.82, 2.24) is 9.97 Å². The summed E-state index contributed by atoms with van der Waals surface area (Å²) < 4.78 is 0. The van der Waals surface area contributed by atoms with E-state index in [2.05, 4.69) is 46.2 Å². The highest BCUT2D eigenvalue weighted by Gasteiger charge is 2.08. The first-order chi connectivity index (χ1) is 11.2. The van der Waals surface area contributed by atoms with E-state index >= 15 is 0 Å². The Morgan fingerprint density at radius 2 is 1.74 bits per heavy atom. The molecule has 23 heavy (non-hydrogen) atoms. The van der Waals surface area contributed by atoms with E-state index in [4.69, 9.17) is 11.6 Å². The van der Waals surface area contributed by atoms with Crippen molar-refractivity contribution in [2.45, 2.75) is 33.1 Å². The van der Waals surface area contributed by atoms with Crippen molar-refractivity contribution < 1.29 is 0 Å². The summed E-state index contributed by atoms with van der Waals surface area (Å²) in [5.41, 5.74) is 1.26. The molecule has 124 valence electrons. The predicted octanol–water partition coefficient (Wildman–Crippen LogP) is 4.41. The molecule has 0 aliphatic heterocycles. The van der Waals surface area contributed by atoms with Crippen LogP contribution in [0.2, 0.25) is 5.02 Å². The van der Waals surface area contributed by atoms with Crippen LogP contribution in [0.3, 0.4) is 0 Å². The summed E-state index contributed by atoms with van der Waals surface area (Å²) in [4.78, 5) is 11.3. The molecule has 2 aromatic rings. The van der Waals surface area contributed by atoms with Gasteiger partial charge in [0, 0.05) is 30.9 Å². The van der Waals surface area contributed by atoms with Gasteiger partial charge in [0.25, 0.3) is 0 Å². The molecule has 0 amide bonds. The number of nitrogens with one attached hydrogen (secondary N) is 1. The van der Waals surface area contributed by atoms with Gasteiger partial charge in [0.1, 0.15) is 5.82 Å². The molecule has 0 saturated heterocycles. The van der Waals surface area contributed by atoms with Gasteiger partial charge in [-0.15, -0.1) is 0 Å². The molecule has 1 N–H and O–H groups in total. The number of hydrogen-bond acceptors (Lipinski definition) is 4. The van der Waals surface area contributed by atoms with E-state index in [1.54, 1.807) is 0 Å². The molecular weight excluding hydrogens is 308 g/mol. The molecule has 0 spiro atoms. The smallest absolute Gasteiger partial charge is 0.227 e. The first kappa shape index (κ1) is 17.5. The van der Waals surface area contributed by atoms with Crippen LogP contribution in [-0.4, -0.2) is 29.6 Å². The van der Waals surface area contributed by atoms with Crippen molar-refractivity contribution in [3.63, 3.8) is 0 Å². The third-order valence-electron chi connectivity index (χ3n) is 3.55. The summed E-state index contributed by atoms with van der Waals surface area (Å²) in [5, 5.41) is 4.15. The fraction of sp³-hybridized carbons (Fsp3) is 0.444. The van der Waals surface area contributed by atoms with Crippen LogP contribution in [-0.2, 0) is 6.42 Å². The van der Waals surface area contributed by atoms with Gasteiger partial charge in [-0.3, -0.25) is 0 Å². The van der Waals surface area contributed by atoms with Gasteiger partial charge in [0.05, 0.1) is 0 Å². The Morgan fingerprint density at radius 1 is 1.04 bits per heavy atom. The summed E-state index contributed by atoms with van der Waals surface area (Å²) in [7, 11) is 0. The fourth-order valence-electron chi connectivity index (χ4n) is 2.44. The SMILES string of the molecule is CCCN(CCC)c1nccc(NCCc2ccc(Cl)cc2)n1. The average molecular weight is 333 g/mol. The Morgan fingerprint density at radius 3 is 2.39 bits per heavy atom. The molecule has 0 atom stereocenters. The van der Waals surface area contributed by atoms with Crippen molar-refractivity contribution in [2.75, 3.05) is 29.9 Å². The Bertz CT molecular complexity index is 580. The zero-order valence-corrected chi connectivity index (χ0v) is 14.7. The minimum atomic E-state index is 0.772. The molecule has 2 rings (SSSR count). The van der Waals surface area contributed by atoms with Crippen LogP contribution in [0.4, 0.5) is 11.8 Å². The normalized spacial score (nSPS) is 10.6. The molecule has 0 fully saturated rings. The van der Waals surface area contributed by atoms with E-state index < -0.39 is 0 Å². The van der Waals surface area contributed by atoms with Crippen LogP contribution in [0.5, 0.6) is 0 Å². The number of nitrogens with zero attached hydrogens (tertiary/aromatic N) is 3. The third kappa shape index (κ3) is 5.71. The zero-order valence-electron chi connectivity index (χ0n) is 13.9. The predicted molar refractivity (Wildman–Crippen MR) is 98.5 cm³/mol. The van der Waals surface area contributed by atoms with E-state index in [9.17, 15) is 0 Å². The molecule has 0 bridgehead atoms. The fourth-order valence-corrected chi connectivity index (χ4v) is 2.56. The first-order valence-corrected chi connectivity index (χ1v) is 8.67. The van der Waals surface area contributed by atoms with E-state index in [0.29, 0.717) is 0 Å². The summed E-state index contributed by atoms with van der Waals surface area (Å²) >= 11 is 5.90. The lowest BCUT2D eigenvalue weighted by Crippen LogP contribution is -2.27. The average Bonchev–Trinajstić information content (AvgIpc) is 2.57. The molecular formula is C18H25ClN4. The lowest BCUT2D eigenvalue weighted by Gasteiger charge is -2.21. The maximum absolute atomic E-state index is 5.90. The minimum absolute atomic E-state index is 0.772. The molecule has 0 aliphatic rings. The largest absolute Gasteiger partial charge is 0.370 e. The Hall–Kier alpha value is -1.81. The van der Waals surface area contributed by atoms with Crippen LogP contribution in [0, 0.1) is 0 Å². The maximum atomic E-state index is 5.90. The second-order valence-corrected chi connectivity index (χ2v) is 5.97. The zero-order chi connectivity index (χ0) is 16.5. The van der Waals surface area contributed by atoms with Gasteiger partial charge in [-0.05, 0) is 43.0 Å². The lowest BCUT2D eigenvalue weighted by atomic mass is 10.1.